The fourth-order valence-electron chi connectivity index (χ4n) is 1.57. The predicted molar refractivity (Wildman–Crippen MR) is 74.4 cm³/mol. The zero-order valence-electron chi connectivity index (χ0n) is 10.5. The molecule has 0 spiro atoms. The summed E-state index contributed by atoms with van der Waals surface area (Å²) in [5.74, 6) is -0.0501. The second kappa shape index (κ2) is 7.90. The number of amides is 1. The topological polar surface area (TPSA) is 40.5 Å². The van der Waals surface area contributed by atoms with E-state index in [1.807, 2.05) is 19.1 Å². The monoisotopic (exact) mass is 267 g/mol. The second-order valence-corrected chi connectivity index (χ2v) is 4.32. The molecule has 0 saturated carbocycles. The molecule has 1 aromatic rings. The molecule has 0 heterocycles. The van der Waals surface area contributed by atoms with Crippen LogP contribution in [-0.2, 0) is 4.79 Å². The number of aliphatic hydroxyl groups excluding tert-OH is 1. The van der Waals surface area contributed by atoms with Gasteiger partial charge in [-0.15, -0.1) is 0 Å². The van der Waals surface area contributed by atoms with Crippen LogP contribution < -0.4 is 0 Å². The molecule has 3 nitrogen and oxygen atoms in total. The van der Waals surface area contributed by atoms with Crippen LogP contribution in [0.4, 0.5) is 0 Å². The summed E-state index contributed by atoms with van der Waals surface area (Å²) in [7, 11) is 0. The predicted octanol–water partition coefficient (Wildman–Crippen LogP) is 2.58. The number of rotatable bonds is 6. The number of aliphatic hydroxyl groups is 1. The summed E-state index contributed by atoms with van der Waals surface area (Å²) in [5, 5.41) is 9.41. The lowest BCUT2D eigenvalue weighted by atomic mass is 10.2. The average molecular weight is 268 g/mol. The van der Waals surface area contributed by atoms with Crippen molar-refractivity contribution in [3.63, 3.8) is 0 Å². The van der Waals surface area contributed by atoms with Crippen molar-refractivity contribution in [3.8, 4) is 0 Å². The van der Waals surface area contributed by atoms with E-state index in [2.05, 4.69) is 0 Å². The van der Waals surface area contributed by atoms with Gasteiger partial charge in [0.2, 0.25) is 5.91 Å². The quantitative estimate of drug-likeness (QED) is 0.805. The number of halogens is 1. The highest BCUT2D eigenvalue weighted by Crippen LogP contribution is 2.12. The van der Waals surface area contributed by atoms with Crippen LogP contribution >= 0.6 is 11.6 Å². The number of nitrogens with zero attached hydrogens (tertiary/aromatic N) is 1. The minimum atomic E-state index is -0.0501. The SMILES string of the molecule is CCN(CCCO)C(=O)/C=C/c1cccc(Cl)c1. The van der Waals surface area contributed by atoms with Crippen molar-refractivity contribution in [3.05, 3.63) is 40.9 Å². The Bertz CT molecular complexity index is 418. The molecule has 1 aromatic carbocycles. The molecule has 0 aliphatic rings. The Balaban J connectivity index is 2.62. The number of hydrogen-bond donors (Lipinski definition) is 1. The van der Waals surface area contributed by atoms with Gasteiger partial charge in [-0.3, -0.25) is 4.79 Å². The van der Waals surface area contributed by atoms with Gasteiger partial charge in [0.1, 0.15) is 0 Å². The first kappa shape index (κ1) is 14.7. The first-order valence-corrected chi connectivity index (χ1v) is 6.38. The molecule has 0 atom stereocenters. The van der Waals surface area contributed by atoms with Crippen LogP contribution in [0, 0.1) is 0 Å². The zero-order valence-corrected chi connectivity index (χ0v) is 11.2. The van der Waals surface area contributed by atoms with E-state index in [1.54, 1.807) is 23.1 Å². The normalized spacial score (nSPS) is 10.8. The molecular formula is C14H18ClNO2. The maximum absolute atomic E-state index is 11.9. The van der Waals surface area contributed by atoms with E-state index in [-0.39, 0.29) is 12.5 Å². The van der Waals surface area contributed by atoms with Crippen LogP contribution in [0.5, 0.6) is 0 Å². The number of likely N-dealkylation sites (N-methyl/N-ethyl adjacent to an activating group) is 1. The molecule has 0 fully saturated rings. The maximum atomic E-state index is 11.9. The molecule has 0 saturated heterocycles. The van der Waals surface area contributed by atoms with E-state index in [9.17, 15) is 4.79 Å². The van der Waals surface area contributed by atoms with E-state index in [1.165, 1.54) is 6.08 Å². The lowest BCUT2D eigenvalue weighted by molar-refractivity contribution is -0.125. The third-order valence-corrected chi connectivity index (χ3v) is 2.78. The number of carbonyl (C=O) groups excluding carboxylic acids is 1. The Morgan fingerprint density at radius 3 is 2.89 bits per heavy atom. The smallest absolute Gasteiger partial charge is 0.246 e. The maximum Gasteiger partial charge on any atom is 0.246 e. The molecule has 0 radical (unpaired) electrons. The Morgan fingerprint density at radius 2 is 2.28 bits per heavy atom. The van der Waals surface area contributed by atoms with Crippen molar-refractivity contribution in [2.75, 3.05) is 19.7 Å². The summed E-state index contributed by atoms with van der Waals surface area (Å²) >= 11 is 5.86. The summed E-state index contributed by atoms with van der Waals surface area (Å²) in [4.78, 5) is 13.6. The third-order valence-electron chi connectivity index (χ3n) is 2.55. The molecule has 98 valence electrons. The molecule has 18 heavy (non-hydrogen) atoms. The molecule has 1 amide bonds. The molecule has 0 aliphatic heterocycles. The molecular weight excluding hydrogens is 250 g/mol. The molecule has 1 rings (SSSR count). The van der Waals surface area contributed by atoms with E-state index < -0.39 is 0 Å². The van der Waals surface area contributed by atoms with E-state index in [4.69, 9.17) is 16.7 Å². The molecule has 0 unspecified atom stereocenters. The van der Waals surface area contributed by atoms with Crippen molar-refractivity contribution < 1.29 is 9.90 Å². The summed E-state index contributed by atoms with van der Waals surface area (Å²) in [5.41, 5.74) is 0.897. The van der Waals surface area contributed by atoms with Gasteiger partial charge in [-0.25, -0.2) is 0 Å². The molecule has 0 aliphatic carbocycles. The van der Waals surface area contributed by atoms with Crippen LogP contribution in [-0.4, -0.2) is 35.6 Å². The Labute approximate surface area is 113 Å². The summed E-state index contributed by atoms with van der Waals surface area (Å²) in [6.45, 7) is 3.23. The molecule has 0 aromatic heterocycles. The highest BCUT2D eigenvalue weighted by molar-refractivity contribution is 6.30. The van der Waals surface area contributed by atoms with Gasteiger partial charge in [-0.05, 0) is 37.1 Å². The summed E-state index contributed by atoms with van der Waals surface area (Å²) < 4.78 is 0. The minimum absolute atomic E-state index is 0.0501. The summed E-state index contributed by atoms with van der Waals surface area (Å²) in [6.07, 6.45) is 3.88. The lowest BCUT2D eigenvalue weighted by Gasteiger charge is -2.18. The van der Waals surface area contributed by atoms with E-state index in [0.29, 0.717) is 24.5 Å². The van der Waals surface area contributed by atoms with Gasteiger partial charge in [0, 0.05) is 30.8 Å². The third kappa shape index (κ3) is 4.90. The van der Waals surface area contributed by atoms with E-state index >= 15 is 0 Å². The number of benzene rings is 1. The highest BCUT2D eigenvalue weighted by atomic mass is 35.5. The minimum Gasteiger partial charge on any atom is -0.396 e. The van der Waals surface area contributed by atoms with Gasteiger partial charge in [-0.1, -0.05) is 23.7 Å². The average Bonchev–Trinajstić information content (AvgIpc) is 2.37. The standard InChI is InChI=1S/C14H18ClNO2/c1-2-16(9-4-10-17)14(18)8-7-12-5-3-6-13(15)11-12/h3,5-8,11,17H,2,4,9-10H2,1H3/b8-7+. The van der Waals surface area contributed by atoms with Crippen molar-refractivity contribution in [2.45, 2.75) is 13.3 Å². The molecule has 1 N–H and O–H groups in total. The van der Waals surface area contributed by atoms with Crippen molar-refractivity contribution in [1.29, 1.82) is 0 Å². The lowest BCUT2D eigenvalue weighted by Crippen LogP contribution is -2.30. The van der Waals surface area contributed by atoms with Crippen molar-refractivity contribution in [1.82, 2.24) is 4.90 Å². The number of hydrogen-bond acceptors (Lipinski definition) is 2. The van der Waals surface area contributed by atoms with Gasteiger partial charge in [0.15, 0.2) is 0 Å². The van der Waals surface area contributed by atoms with Gasteiger partial charge in [0.05, 0.1) is 0 Å². The van der Waals surface area contributed by atoms with Crippen LogP contribution in [0.1, 0.15) is 18.9 Å². The Hall–Kier alpha value is -1.32. The largest absolute Gasteiger partial charge is 0.396 e. The van der Waals surface area contributed by atoms with Crippen LogP contribution in [0.25, 0.3) is 6.08 Å². The first-order valence-electron chi connectivity index (χ1n) is 6.00. The van der Waals surface area contributed by atoms with Crippen LogP contribution in [0.3, 0.4) is 0 Å². The van der Waals surface area contributed by atoms with Crippen molar-refractivity contribution in [2.24, 2.45) is 0 Å². The fourth-order valence-corrected chi connectivity index (χ4v) is 1.77. The van der Waals surface area contributed by atoms with Gasteiger partial charge < -0.3 is 10.0 Å². The van der Waals surface area contributed by atoms with Crippen molar-refractivity contribution >= 4 is 23.6 Å². The number of carbonyl (C=O) groups is 1. The molecule has 0 bridgehead atoms. The second-order valence-electron chi connectivity index (χ2n) is 3.88. The van der Waals surface area contributed by atoms with Crippen LogP contribution in [0.2, 0.25) is 5.02 Å². The van der Waals surface area contributed by atoms with Crippen LogP contribution in [0.15, 0.2) is 30.3 Å². The van der Waals surface area contributed by atoms with E-state index in [0.717, 1.165) is 5.56 Å². The Morgan fingerprint density at radius 1 is 1.50 bits per heavy atom. The molecule has 4 heteroatoms. The summed E-state index contributed by atoms with van der Waals surface area (Å²) in [6, 6.07) is 7.32. The zero-order chi connectivity index (χ0) is 13.4. The Kier molecular flexibility index (Phi) is 6.47. The highest BCUT2D eigenvalue weighted by Gasteiger charge is 2.06. The van der Waals surface area contributed by atoms with Gasteiger partial charge in [0.25, 0.3) is 0 Å². The van der Waals surface area contributed by atoms with Gasteiger partial charge >= 0.3 is 0 Å². The first-order chi connectivity index (χ1) is 8.67. The van der Waals surface area contributed by atoms with Gasteiger partial charge in [-0.2, -0.15) is 0 Å². The fraction of sp³-hybridized carbons (Fsp3) is 0.357.